The number of carbonyl (C=O) groups excluding carboxylic acids is 1. The number of anilines is 1. The second-order valence-corrected chi connectivity index (χ2v) is 9.95. The number of nitrogens with one attached hydrogen (secondary N) is 1. The number of benzene rings is 2. The molecule has 1 aromatic heterocycles. The Balaban J connectivity index is 1.55. The molecule has 3 aromatic rings. The summed E-state index contributed by atoms with van der Waals surface area (Å²) < 4.78 is 37.4. The minimum Gasteiger partial charge on any atom is -0.497 e. The highest BCUT2D eigenvalue weighted by atomic mass is 32.2. The van der Waals surface area contributed by atoms with Gasteiger partial charge < -0.3 is 14.8 Å². The van der Waals surface area contributed by atoms with Crippen LogP contribution in [0.3, 0.4) is 0 Å². The van der Waals surface area contributed by atoms with Crippen LogP contribution in [0.4, 0.5) is 5.82 Å². The number of rotatable bonds is 9. The zero-order valence-electron chi connectivity index (χ0n) is 19.7. The smallest absolute Gasteiger partial charge is 0.343 e. The molecule has 9 nitrogen and oxygen atoms in total. The zero-order chi connectivity index (χ0) is 24.8. The fraction of sp³-hybridized carbons (Fsp3) is 0.320. The summed E-state index contributed by atoms with van der Waals surface area (Å²) in [6, 6.07) is 14.0. The molecule has 1 aliphatic rings. The summed E-state index contributed by atoms with van der Waals surface area (Å²) in [5, 5.41) is 3.18. The van der Waals surface area contributed by atoms with Crippen molar-refractivity contribution in [3.63, 3.8) is 0 Å². The Labute approximate surface area is 205 Å². The Bertz CT molecular complexity index is 1270. The van der Waals surface area contributed by atoms with Crippen molar-refractivity contribution in [3.8, 4) is 17.1 Å². The number of nitrogens with zero attached hydrogens (tertiary/aromatic N) is 3. The first kappa shape index (κ1) is 24.6. The van der Waals surface area contributed by atoms with Gasteiger partial charge in [-0.15, -0.1) is 0 Å². The van der Waals surface area contributed by atoms with Crippen LogP contribution in [-0.2, 0) is 21.3 Å². The summed E-state index contributed by atoms with van der Waals surface area (Å²) in [5.41, 5.74) is 1.82. The summed E-state index contributed by atoms with van der Waals surface area (Å²) in [5.74, 6) is 0.960. The molecule has 184 valence electrons. The summed E-state index contributed by atoms with van der Waals surface area (Å²) in [4.78, 5) is 21.6. The Morgan fingerprint density at radius 2 is 1.74 bits per heavy atom. The predicted molar refractivity (Wildman–Crippen MR) is 132 cm³/mol. The fourth-order valence-electron chi connectivity index (χ4n) is 3.80. The van der Waals surface area contributed by atoms with E-state index >= 15 is 0 Å². The molecule has 0 bridgehead atoms. The van der Waals surface area contributed by atoms with Crippen LogP contribution in [-0.4, -0.2) is 55.5 Å². The van der Waals surface area contributed by atoms with E-state index in [1.54, 1.807) is 38.3 Å². The minimum absolute atomic E-state index is 0.220. The van der Waals surface area contributed by atoms with Crippen LogP contribution in [0.5, 0.6) is 5.75 Å². The van der Waals surface area contributed by atoms with E-state index in [1.165, 1.54) is 10.5 Å². The van der Waals surface area contributed by atoms with Gasteiger partial charge in [-0.3, -0.25) is 0 Å². The number of carbonyl (C=O) groups is 1. The molecule has 1 aliphatic heterocycles. The third-order valence-electron chi connectivity index (χ3n) is 5.72. The van der Waals surface area contributed by atoms with Crippen molar-refractivity contribution in [2.75, 3.05) is 32.1 Å². The van der Waals surface area contributed by atoms with Crippen LogP contribution in [0.2, 0.25) is 0 Å². The molecule has 0 saturated carbocycles. The second-order valence-electron chi connectivity index (χ2n) is 8.01. The first-order valence-corrected chi connectivity index (χ1v) is 12.9. The second kappa shape index (κ2) is 10.8. The van der Waals surface area contributed by atoms with Gasteiger partial charge in [0.15, 0.2) is 5.82 Å². The molecule has 0 amide bonds. The van der Waals surface area contributed by atoms with Gasteiger partial charge in [0.2, 0.25) is 10.0 Å². The predicted octanol–water partition coefficient (Wildman–Crippen LogP) is 3.73. The van der Waals surface area contributed by atoms with Crippen LogP contribution in [0.25, 0.3) is 11.4 Å². The molecule has 0 atom stereocenters. The van der Waals surface area contributed by atoms with Crippen molar-refractivity contribution in [3.05, 3.63) is 65.9 Å². The van der Waals surface area contributed by atoms with Gasteiger partial charge in [-0.05, 0) is 61.7 Å². The van der Waals surface area contributed by atoms with Crippen LogP contribution >= 0.6 is 0 Å². The van der Waals surface area contributed by atoms with E-state index in [9.17, 15) is 13.2 Å². The first-order valence-electron chi connectivity index (χ1n) is 11.4. The molecule has 0 radical (unpaired) electrons. The van der Waals surface area contributed by atoms with E-state index in [2.05, 4.69) is 15.3 Å². The summed E-state index contributed by atoms with van der Waals surface area (Å²) >= 11 is 0. The molecule has 4 rings (SSSR count). The van der Waals surface area contributed by atoms with Crippen molar-refractivity contribution in [1.82, 2.24) is 14.3 Å². The molecule has 0 spiro atoms. The molecule has 1 saturated heterocycles. The van der Waals surface area contributed by atoms with Crippen molar-refractivity contribution in [1.29, 1.82) is 0 Å². The lowest BCUT2D eigenvalue weighted by Gasteiger charge is -2.16. The summed E-state index contributed by atoms with van der Waals surface area (Å²) in [7, 11) is -1.87. The van der Waals surface area contributed by atoms with Crippen LogP contribution < -0.4 is 10.1 Å². The maximum absolute atomic E-state index is 12.8. The molecule has 1 fully saturated rings. The van der Waals surface area contributed by atoms with Gasteiger partial charge in [-0.1, -0.05) is 12.1 Å². The average molecular weight is 497 g/mol. The third-order valence-corrected chi connectivity index (χ3v) is 7.63. The Hall–Kier alpha value is -3.50. The van der Waals surface area contributed by atoms with Gasteiger partial charge in [-0.2, -0.15) is 4.31 Å². The number of hydrogen-bond donors (Lipinski definition) is 1. The van der Waals surface area contributed by atoms with E-state index < -0.39 is 16.0 Å². The highest BCUT2D eigenvalue weighted by Crippen LogP contribution is 2.24. The maximum atomic E-state index is 12.8. The summed E-state index contributed by atoms with van der Waals surface area (Å²) in [6.07, 6.45) is 3.22. The van der Waals surface area contributed by atoms with Crippen LogP contribution in [0, 0.1) is 0 Å². The lowest BCUT2D eigenvalue weighted by atomic mass is 10.2. The third kappa shape index (κ3) is 5.60. The molecule has 2 aromatic carbocycles. The molecule has 0 unspecified atom stereocenters. The minimum atomic E-state index is -3.47. The Morgan fingerprint density at radius 1 is 1.06 bits per heavy atom. The van der Waals surface area contributed by atoms with E-state index in [0.29, 0.717) is 37.0 Å². The molecular formula is C25H28N4O5S. The Morgan fingerprint density at radius 3 is 2.37 bits per heavy atom. The van der Waals surface area contributed by atoms with Crippen molar-refractivity contribution < 1.29 is 22.7 Å². The van der Waals surface area contributed by atoms with Gasteiger partial charge in [0.25, 0.3) is 0 Å². The molecular weight excluding hydrogens is 468 g/mol. The van der Waals surface area contributed by atoms with E-state index in [0.717, 1.165) is 24.0 Å². The largest absolute Gasteiger partial charge is 0.497 e. The van der Waals surface area contributed by atoms with Crippen molar-refractivity contribution >= 4 is 21.8 Å². The first-order chi connectivity index (χ1) is 16.9. The number of hydrogen-bond acceptors (Lipinski definition) is 8. The van der Waals surface area contributed by atoms with Gasteiger partial charge in [0, 0.05) is 31.4 Å². The van der Waals surface area contributed by atoms with Gasteiger partial charge >= 0.3 is 5.97 Å². The number of methoxy groups -OCH3 is 1. The number of esters is 1. The number of aromatic nitrogens is 2. The van der Waals surface area contributed by atoms with Crippen LogP contribution in [0.15, 0.2) is 59.6 Å². The Kier molecular flexibility index (Phi) is 7.62. The van der Waals surface area contributed by atoms with Crippen LogP contribution in [0.1, 0.15) is 35.7 Å². The SMILES string of the molecule is CCOC(=O)c1cnc(-c2ccc(OC)cc2)nc1NCc1ccc(S(=O)(=O)N2CCCC2)cc1. The average Bonchev–Trinajstić information content (AvgIpc) is 3.44. The van der Waals surface area contributed by atoms with E-state index in [1.807, 2.05) is 24.3 Å². The standard InChI is InChI=1S/C25H28N4O5S/c1-3-34-25(30)22-17-27-23(19-8-10-20(33-2)11-9-19)28-24(22)26-16-18-6-12-21(13-7-18)35(31,32)29-14-4-5-15-29/h6-13,17H,3-5,14-16H2,1-2H3,(H,26,27,28). The van der Waals surface area contributed by atoms with Gasteiger partial charge in [0.1, 0.15) is 17.1 Å². The maximum Gasteiger partial charge on any atom is 0.343 e. The normalized spacial score (nSPS) is 14.0. The van der Waals surface area contributed by atoms with Gasteiger partial charge in [0.05, 0.1) is 18.6 Å². The molecule has 35 heavy (non-hydrogen) atoms. The number of sulfonamides is 1. The van der Waals surface area contributed by atoms with E-state index in [4.69, 9.17) is 9.47 Å². The monoisotopic (exact) mass is 496 g/mol. The highest BCUT2D eigenvalue weighted by molar-refractivity contribution is 7.89. The lowest BCUT2D eigenvalue weighted by molar-refractivity contribution is 0.0526. The van der Waals surface area contributed by atoms with Gasteiger partial charge in [-0.25, -0.2) is 23.2 Å². The molecule has 1 N–H and O–H groups in total. The topological polar surface area (TPSA) is 111 Å². The summed E-state index contributed by atoms with van der Waals surface area (Å²) in [6.45, 7) is 3.41. The highest BCUT2D eigenvalue weighted by Gasteiger charge is 2.27. The zero-order valence-corrected chi connectivity index (χ0v) is 20.5. The van der Waals surface area contributed by atoms with Crippen molar-refractivity contribution in [2.45, 2.75) is 31.2 Å². The van der Waals surface area contributed by atoms with E-state index in [-0.39, 0.29) is 17.1 Å². The number of ether oxygens (including phenoxy) is 2. The van der Waals surface area contributed by atoms with Crippen molar-refractivity contribution in [2.24, 2.45) is 0 Å². The fourth-order valence-corrected chi connectivity index (χ4v) is 5.31. The lowest BCUT2D eigenvalue weighted by Crippen LogP contribution is -2.27. The molecule has 0 aliphatic carbocycles. The molecule has 10 heteroatoms. The quantitative estimate of drug-likeness (QED) is 0.446. The molecule has 2 heterocycles.